The largest absolute Gasteiger partial charge is 0.462 e. The summed E-state index contributed by atoms with van der Waals surface area (Å²) in [6, 6.07) is 0. The summed E-state index contributed by atoms with van der Waals surface area (Å²) in [4.78, 5) is 38.6. The van der Waals surface area contributed by atoms with Crippen LogP contribution in [0.2, 0.25) is 0 Å². The van der Waals surface area contributed by atoms with Crippen LogP contribution in [0.15, 0.2) is 36.5 Å². The molecule has 0 rings (SSSR count). The van der Waals surface area contributed by atoms with E-state index in [2.05, 4.69) is 57.2 Å². The molecule has 0 aliphatic carbocycles. The summed E-state index contributed by atoms with van der Waals surface area (Å²) in [7, 11) is 0. The zero-order valence-corrected chi connectivity index (χ0v) is 56.2. The predicted octanol–water partition coefficient (Wildman–Crippen LogP) is 25.9. The van der Waals surface area contributed by atoms with Crippen molar-refractivity contribution in [1.29, 1.82) is 0 Å². The van der Waals surface area contributed by atoms with Crippen LogP contribution in [0.3, 0.4) is 0 Å². The van der Waals surface area contributed by atoms with Gasteiger partial charge in [0.1, 0.15) is 13.2 Å². The number of unbranched alkanes of at least 4 members (excludes halogenated alkanes) is 53. The van der Waals surface area contributed by atoms with Gasteiger partial charge in [-0.1, -0.05) is 359 Å². The second kappa shape index (κ2) is 72.1. The van der Waals surface area contributed by atoms with Gasteiger partial charge >= 0.3 is 17.9 Å². The Balaban J connectivity index is 4.28. The lowest BCUT2D eigenvalue weighted by Gasteiger charge is -2.18. The number of rotatable bonds is 70. The Hall–Kier alpha value is -2.37. The third-order valence-corrected chi connectivity index (χ3v) is 17.1. The number of carbonyl (C=O) groups excluding carboxylic acids is 3. The highest BCUT2D eigenvalue weighted by atomic mass is 16.6. The van der Waals surface area contributed by atoms with Gasteiger partial charge in [-0.2, -0.15) is 0 Å². The standard InChI is InChI=1S/C77H144O6/c1-4-7-10-13-16-19-22-25-28-31-33-35-37-38-40-41-43-46-49-52-55-58-61-64-67-70-76(79)82-73-74(72-81-75(78)69-66-63-60-57-54-51-48-45-30-27-24-21-18-15-12-9-6-3)83-77(80)71-68-65-62-59-56-53-50-47-44-42-39-36-34-32-29-26-23-20-17-14-11-8-5-2/h23,26,31-34,74H,4-22,24-25,27-30,35-73H2,1-3H3/b26-23-,33-31-,34-32-. The smallest absolute Gasteiger partial charge is 0.306 e. The van der Waals surface area contributed by atoms with Crippen molar-refractivity contribution >= 4 is 17.9 Å². The van der Waals surface area contributed by atoms with Crippen LogP contribution in [0.5, 0.6) is 0 Å². The highest BCUT2D eigenvalue weighted by Crippen LogP contribution is 2.19. The van der Waals surface area contributed by atoms with E-state index in [1.807, 2.05) is 0 Å². The summed E-state index contributed by atoms with van der Waals surface area (Å²) in [5, 5.41) is 0. The number of hydrogen-bond acceptors (Lipinski definition) is 6. The number of carbonyl (C=O) groups is 3. The first kappa shape index (κ1) is 80.6. The first-order valence-corrected chi connectivity index (χ1v) is 37.5. The zero-order chi connectivity index (χ0) is 59.9. The Labute approximate surface area is 518 Å². The SMILES string of the molecule is CCCCCCC/C=C\C/C=C\CCCCCCCCCCCCCC(=O)OC(COC(=O)CCCCCCCCCCCCCCC/C=C\CCCCCCCCCC)COC(=O)CCCCCCCCCCCCCCCCCCC. The molecule has 0 aliphatic heterocycles. The molecule has 0 aromatic rings. The van der Waals surface area contributed by atoms with Crippen molar-refractivity contribution in [3.05, 3.63) is 36.5 Å². The molecular weight excluding hydrogens is 1020 g/mol. The summed E-state index contributed by atoms with van der Waals surface area (Å²) in [6.07, 6.45) is 90.4. The third kappa shape index (κ3) is 70.3. The molecule has 0 bridgehead atoms. The summed E-state index contributed by atoms with van der Waals surface area (Å²) in [6.45, 7) is 6.72. The van der Waals surface area contributed by atoms with Gasteiger partial charge in [0, 0.05) is 19.3 Å². The molecule has 0 heterocycles. The van der Waals surface area contributed by atoms with E-state index in [1.54, 1.807) is 0 Å². The van der Waals surface area contributed by atoms with Gasteiger partial charge in [0.05, 0.1) is 0 Å². The Bertz CT molecular complexity index is 1380. The van der Waals surface area contributed by atoms with E-state index in [0.29, 0.717) is 19.3 Å². The average Bonchev–Trinajstić information content (AvgIpc) is 3.49. The minimum absolute atomic E-state index is 0.0671. The fraction of sp³-hybridized carbons (Fsp3) is 0.883. The van der Waals surface area contributed by atoms with Gasteiger partial charge in [0.15, 0.2) is 6.10 Å². The van der Waals surface area contributed by atoms with E-state index in [1.165, 1.54) is 315 Å². The first-order chi connectivity index (χ1) is 41.0. The van der Waals surface area contributed by atoms with Crippen LogP contribution in [0.1, 0.15) is 419 Å². The molecule has 6 nitrogen and oxygen atoms in total. The van der Waals surface area contributed by atoms with Crippen molar-refractivity contribution in [2.75, 3.05) is 13.2 Å². The molecule has 0 spiro atoms. The first-order valence-electron chi connectivity index (χ1n) is 37.5. The number of hydrogen-bond donors (Lipinski definition) is 0. The van der Waals surface area contributed by atoms with E-state index >= 15 is 0 Å². The van der Waals surface area contributed by atoms with Gasteiger partial charge in [0.25, 0.3) is 0 Å². The van der Waals surface area contributed by atoms with Crippen LogP contribution >= 0.6 is 0 Å². The summed E-state index contributed by atoms with van der Waals surface area (Å²) in [5.74, 6) is -0.835. The molecular formula is C77H144O6. The predicted molar refractivity (Wildman–Crippen MR) is 362 cm³/mol. The van der Waals surface area contributed by atoms with Crippen molar-refractivity contribution in [2.45, 2.75) is 425 Å². The fourth-order valence-corrected chi connectivity index (χ4v) is 11.5. The van der Waals surface area contributed by atoms with E-state index in [-0.39, 0.29) is 31.1 Å². The fourth-order valence-electron chi connectivity index (χ4n) is 11.5. The monoisotopic (exact) mass is 1170 g/mol. The van der Waals surface area contributed by atoms with Crippen LogP contribution in [0, 0.1) is 0 Å². The lowest BCUT2D eigenvalue weighted by molar-refractivity contribution is -0.167. The molecule has 0 amide bonds. The molecule has 0 aliphatic rings. The Morgan fingerprint density at radius 1 is 0.241 bits per heavy atom. The van der Waals surface area contributed by atoms with Crippen LogP contribution < -0.4 is 0 Å². The van der Waals surface area contributed by atoms with E-state index < -0.39 is 6.10 Å². The van der Waals surface area contributed by atoms with Gasteiger partial charge in [-0.05, 0) is 77.0 Å². The number of allylic oxidation sites excluding steroid dienone is 6. The molecule has 6 heteroatoms. The molecule has 0 radical (unpaired) electrons. The van der Waals surface area contributed by atoms with Crippen LogP contribution in [0.25, 0.3) is 0 Å². The van der Waals surface area contributed by atoms with Gasteiger partial charge in [0.2, 0.25) is 0 Å². The number of ether oxygens (including phenoxy) is 3. The van der Waals surface area contributed by atoms with Crippen molar-refractivity contribution in [1.82, 2.24) is 0 Å². The second-order valence-electron chi connectivity index (χ2n) is 25.6. The Morgan fingerprint density at radius 3 is 0.675 bits per heavy atom. The molecule has 0 aromatic carbocycles. The molecule has 0 fully saturated rings. The number of esters is 3. The molecule has 488 valence electrons. The van der Waals surface area contributed by atoms with Crippen molar-refractivity contribution in [3.63, 3.8) is 0 Å². The van der Waals surface area contributed by atoms with E-state index in [9.17, 15) is 14.4 Å². The maximum absolute atomic E-state index is 13.0. The lowest BCUT2D eigenvalue weighted by Crippen LogP contribution is -2.30. The molecule has 0 N–H and O–H groups in total. The second-order valence-corrected chi connectivity index (χ2v) is 25.6. The molecule has 83 heavy (non-hydrogen) atoms. The quantitative estimate of drug-likeness (QED) is 0.0261. The van der Waals surface area contributed by atoms with Crippen LogP contribution in [-0.2, 0) is 28.6 Å². The average molecular weight is 1170 g/mol. The summed E-state index contributed by atoms with van der Waals surface area (Å²) >= 11 is 0. The molecule has 1 unspecified atom stereocenters. The summed E-state index contributed by atoms with van der Waals surface area (Å²) < 4.78 is 17.0. The zero-order valence-electron chi connectivity index (χ0n) is 56.2. The highest BCUT2D eigenvalue weighted by molar-refractivity contribution is 5.71. The summed E-state index contributed by atoms with van der Waals surface area (Å²) in [5.41, 5.74) is 0. The molecule has 0 aromatic heterocycles. The molecule has 0 saturated heterocycles. The van der Waals surface area contributed by atoms with Crippen molar-refractivity contribution in [2.24, 2.45) is 0 Å². The van der Waals surface area contributed by atoms with Gasteiger partial charge in [-0.25, -0.2) is 0 Å². The topological polar surface area (TPSA) is 78.9 Å². The van der Waals surface area contributed by atoms with E-state index in [0.717, 1.165) is 64.2 Å². The maximum Gasteiger partial charge on any atom is 0.306 e. The van der Waals surface area contributed by atoms with Crippen LogP contribution in [-0.4, -0.2) is 37.2 Å². The molecule has 0 saturated carbocycles. The highest BCUT2D eigenvalue weighted by Gasteiger charge is 2.20. The van der Waals surface area contributed by atoms with Gasteiger partial charge in [-0.15, -0.1) is 0 Å². The van der Waals surface area contributed by atoms with Crippen molar-refractivity contribution < 1.29 is 28.6 Å². The Kier molecular flexibility index (Phi) is 70.0. The lowest BCUT2D eigenvalue weighted by atomic mass is 10.0. The maximum atomic E-state index is 13.0. The molecule has 1 atom stereocenters. The minimum Gasteiger partial charge on any atom is -0.462 e. The normalized spacial score (nSPS) is 12.2. The van der Waals surface area contributed by atoms with Crippen LogP contribution in [0.4, 0.5) is 0 Å². The van der Waals surface area contributed by atoms with E-state index in [4.69, 9.17) is 14.2 Å². The van der Waals surface area contributed by atoms with Gasteiger partial charge < -0.3 is 14.2 Å². The minimum atomic E-state index is -0.772. The van der Waals surface area contributed by atoms with Gasteiger partial charge in [-0.3, -0.25) is 14.4 Å². The third-order valence-electron chi connectivity index (χ3n) is 17.1. The Morgan fingerprint density at radius 2 is 0.434 bits per heavy atom. The van der Waals surface area contributed by atoms with Crippen molar-refractivity contribution in [3.8, 4) is 0 Å².